The van der Waals surface area contributed by atoms with Gasteiger partial charge < -0.3 is 11.4 Å². The Morgan fingerprint density at radius 3 is 2.08 bits per heavy atom. The van der Waals surface area contributed by atoms with Crippen LogP contribution in [0.2, 0.25) is 0 Å². The van der Waals surface area contributed by atoms with Crippen molar-refractivity contribution in [1.82, 2.24) is 0 Å². The SMILES string of the molecule is O=C1CC2CC(=O)[O][Al]([O]1)[O]C2=O. The second kappa shape index (κ2) is 3.01. The molecule has 0 spiro atoms. The van der Waals surface area contributed by atoms with Crippen molar-refractivity contribution in [2.24, 2.45) is 5.92 Å². The Bertz CT molecular complexity index is 267. The Kier molecular flexibility index (Phi) is 1.98. The molecule has 0 N–H and O–H groups in total. The molecule has 0 aromatic carbocycles. The van der Waals surface area contributed by atoms with Gasteiger partial charge in [0.15, 0.2) is 0 Å². The normalized spacial score (nSPS) is 23.1. The highest BCUT2D eigenvalue weighted by Gasteiger charge is 2.55. The first-order valence-corrected chi connectivity index (χ1v) is 5.16. The van der Waals surface area contributed by atoms with Gasteiger partial charge in [-0.25, -0.2) is 0 Å². The van der Waals surface area contributed by atoms with Crippen molar-refractivity contribution < 1.29 is 25.7 Å². The maximum absolute atomic E-state index is 11.1. The Hall–Kier alpha value is -1.06. The highest BCUT2D eigenvalue weighted by molar-refractivity contribution is 6.45. The molecule has 0 aliphatic carbocycles. The number of hydrogen-bond donors (Lipinski definition) is 0. The zero-order valence-corrected chi connectivity index (χ0v) is 7.67. The van der Waals surface area contributed by atoms with Gasteiger partial charge in [0.2, 0.25) is 0 Å². The quantitative estimate of drug-likeness (QED) is 0.468. The molecular weight excluding hydrogens is 195 g/mol. The fraction of sp³-hybridized carbons (Fsp3) is 0.500. The molecule has 0 atom stereocenters. The number of fused-ring (bicyclic) bond motifs is 3. The lowest BCUT2D eigenvalue weighted by atomic mass is 10.0. The number of hydrogen-bond acceptors (Lipinski definition) is 6. The summed E-state index contributed by atoms with van der Waals surface area (Å²) in [6.07, 6.45) is -0.172. The lowest BCUT2D eigenvalue weighted by Gasteiger charge is -2.10. The van der Waals surface area contributed by atoms with Crippen LogP contribution in [0.4, 0.5) is 0 Å². The van der Waals surface area contributed by atoms with E-state index in [1.807, 2.05) is 0 Å². The molecule has 2 fully saturated rings. The first-order chi connectivity index (χ1) is 6.15. The summed E-state index contributed by atoms with van der Waals surface area (Å²) in [6.45, 7) is 0. The minimum atomic E-state index is -2.85. The number of carbonyl (C=O) groups excluding carboxylic acids is 3. The minimum absolute atomic E-state index is 0.0859. The van der Waals surface area contributed by atoms with Crippen molar-refractivity contribution in [2.75, 3.05) is 0 Å². The van der Waals surface area contributed by atoms with Crippen LogP contribution < -0.4 is 0 Å². The second-order valence-corrected chi connectivity index (χ2v) is 4.09. The maximum Gasteiger partial charge on any atom is 1.20 e. The van der Waals surface area contributed by atoms with Crippen molar-refractivity contribution in [3.05, 3.63) is 0 Å². The molecule has 0 radical (unpaired) electrons. The first-order valence-electron chi connectivity index (χ1n) is 3.74. The van der Waals surface area contributed by atoms with Gasteiger partial charge in [-0.15, -0.1) is 0 Å². The van der Waals surface area contributed by atoms with Gasteiger partial charge in [0, 0.05) is 0 Å². The fourth-order valence-corrected chi connectivity index (χ4v) is 2.36. The summed E-state index contributed by atoms with van der Waals surface area (Å²) in [5.74, 6) is -2.34. The standard InChI is InChI=1S/C6H8O6.Al/c7-4(8)1-3(6(11)12)2-5(9)10;/h3H,1-2H2,(H,7,8)(H,9,10)(H,11,12);/q;+3/p-3. The van der Waals surface area contributed by atoms with Gasteiger partial charge in [0.25, 0.3) is 17.9 Å². The van der Waals surface area contributed by atoms with Crippen LogP contribution in [-0.4, -0.2) is 33.1 Å². The molecule has 0 aromatic rings. The molecule has 2 bridgehead atoms. The van der Waals surface area contributed by atoms with E-state index in [4.69, 9.17) is 0 Å². The molecule has 2 rings (SSSR count). The van der Waals surface area contributed by atoms with E-state index in [-0.39, 0.29) is 12.8 Å². The van der Waals surface area contributed by atoms with Crippen LogP contribution in [0.3, 0.4) is 0 Å². The van der Waals surface area contributed by atoms with Gasteiger partial charge in [-0.1, -0.05) is 0 Å². The zero-order valence-electron chi connectivity index (χ0n) is 6.52. The number of rotatable bonds is 0. The third-order valence-corrected chi connectivity index (χ3v) is 3.16. The van der Waals surface area contributed by atoms with E-state index >= 15 is 0 Å². The van der Waals surface area contributed by atoms with Gasteiger partial charge in [-0.05, 0) is 0 Å². The molecule has 2 saturated heterocycles. The largest absolute Gasteiger partial charge is 1.20 e. The van der Waals surface area contributed by atoms with Crippen LogP contribution in [0, 0.1) is 5.92 Å². The summed E-state index contributed by atoms with van der Waals surface area (Å²) in [5, 5.41) is 0. The molecule has 2 aliphatic heterocycles. The van der Waals surface area contributed by atoms with Gasteiger partial charge in [0.05, 0.1) is 18.8 Å². The van der Waals surface area contributed by atoms with Crippen LogP contribution in [-0.2, 0) is 25.7 Å². The third-order valence-electron chi connectivity index (χ3n) is 1.83. The summed E-state index contributed by atoms with van der Waals surface area (Å²) >= 11 is -2.85. The smallest absolute Gasteiger partial charge is 0.551 e. The minimum Gasteiger partial charge on any atom is -0.551 e. The van der Waals surface area contributed by atoms with Crippen molar-refractivity contribution in [3.8, 4) is 0 Å². The van der Waals surface area contributed by atoms with Gasteiger partial charge in [0.1, 0.15) is 0 Å². The Balaban J connectivity index is 2.28. The molecule has 13 heavy (non-hydrogen) atoms. The predicted molar refractivity (Wildman–Crippen MR) is 36.8 cm³/mol. The van der Waals surface area contributed by atoms with Crippen LogP contribution in [0.5, 0.6) is 0 Å². The van der Waals surface area contributed by atoms with E-state index < -0.39 is 39.0 Å². The zero-order chi connectivity index (χ0) is 9.42. The topological polar surface area (TPSA) is 78.9 Å². The van der Waals surface area contributed by atoms with E-state index in [1.165, 1.54) is 0 Å². The molecule has 7 heteroatoms. The van der Waals surface area contributed by atoms with Gasteiger partial charge >= 0.3 is 15.1 Å². The lowest BCUT2D eigenvalue weighted by Crippen LogP contribution is -2.30. The van der Waals surface area contributed by atoms with Crippen molar-refractivity contribution >= 4 is 33.1 Å². The molecule has 2 aliphatic rings. The molecule has 0 amide bonds. The molecule has 0 saturated carbocycles. The second-order valence-electron chi connectivity index (χ2n) is 2.81. The van der Waals surface area contributed by atoms with E-state index in [0.717, 1.165) is 0 Å². The van der Waals surface area contributed by atoms with Crippen molar-refractivity contribution in [1.29, 1.82) is 0 Å². The van der Waals surface area contributed by atoms with E-state index in [9.17, 15) is 14.4 Å². The summed E-state index contributed by atoms with van der Waals surface area (Å²) in [4.78, 5) is 33.0. The van der Waals surface area contributed by atoms with E-state index in [2.05, 4.69) is 11.4 Å². The molecular formula is C6H5AlO6. The Morgan fingerprint density at radius 2 is 1.54 bits per heavy atom. The van der Waals surface area contributed by atoms with Gasteiger partial charge in [-0.3, -0.25) is 14.4 Å². The van der Waals surface area contributed by atoms with Crippen LogP contribution in [0.15, 0.2) is 0 Å². The summed E-state index contributed by atoms with van der Waals surface area (Å²) in [6, 6.07) is 0. The third kappa shape index (κ3) is 1.66. The van der Waals surface area contributed by atoms with Gasteiger partial charge in [-0.2, -0.15) is 0 Å². The average molecular weight is 200 g/mol. The van der Waals surface area contributed by atoms with Crippen molar-refractivity contribution in [2.45, 2.75) is 12.8 Å². The lowest BCUT2D eigenvalue weighted by molar-refractivity contribution is -0.145. The molecule has 6 nitrogen and oxygen atoms in total. The van der Waals surface area contributed by atoms with Crippen LogP contribution in [0.25, 0.3) is 0 Å². The van der Waals surface area contributed by atoms with Crippen LogP contribution >= 0.6 is 0 Å². The monoisotopic (exact) mass is 200 g/mol. The van der Waals surface area contributed by atoms with E-state index in [1.54, 1.807) is 0 Å². The summed E-state index contributed by atoms with van der Waals surface area (Å²) in [5.41, 5.74) is 0. The number of carbonyl (C=O) groups is 3. The highest BCUT2D eigenvalue weighted by atomic mass is 27.3. The first kappa shape index (κ1) is 8.54. The molecule has 68 valence electrons. The maximum atomic E-state index is 11.1. The Morgan fingerprint density at radius 1 is 1.00 bits per heavy atom. The summed E-state index contributed by atoms with van der Waals surface area (Å²) < 4.78 is 14.0. The highest BCUT2D eigenvalue weighted by Crippen LogP contribution is 2.22. The predicted octanol–water partition coefficient (Wildman–Crippen LogP) is -0.976. The summed E-state index contributed by atoms with van der Waals surface area (Å²) in [7, 11) is 0. The molecule has 0 unspecified atom stereocenters. The fourth-order valence-electron chi connectivity index (χ4n) is 1.22. The van der Waals surface area contributed by atoms with Crippen molar-refractivity contribution in [3.63, 3.8) is 0 Å². The molecule has 0 aromatic heterocycles. The van der Waals surface area contributed by atoms with Crippen LogP contribution in [0.1, 0.15) is 12.8 Å². The Labute approximate surface area is 78.1 Å². The van der Waals surface area contributed by atoms with E-state index in [0.29, 0.717) is 0 Å². The molecule has 2 heterocycles. The average Bonchev–Trinajstić information content (AvgIpc) is 2.16.